The van der Waals surface area contributed by atoms with Gasteiger partial charge in [0.05, 0.1) is 12.4 Å². The molecule has 0 aliphatic rings. The number of rotatable bonds is 5. The van der Waals surface area contributed by atoms with Gasteiger partial charge in [0.2, 0.25) is 0 Å². The lowest BCUT2D eigenvalue weighted by Crippen LogP contribution is -2.29. The Bertz CT molecular complexity index is 579. The van der Waals surface area contributed by atoms with E-state index in [0.717, 1.165) is 6.33 Å². The highest BCUT2D eigenvalue weighted by atomic mass is 32.1. The minimum absolute atomic E-state index is 0.0124. The number of carbonyl (C=O) groups excluding carboxylic acids is 1. The zero-order valence-electron chi connectivity index (χ0n) is 9.66. The van der Waals surface area contributed by atoms with Crippen molar-refractivity contribution >= 4 is 23.2 Å². The van der Waals surface area contributed by atoms with Crippen molar-refractivity contribution in [2.75, 3.05) is 6.54 Å². The molecule has 100 valence electrons. The maximum Gasteiger partial charge on any atom is 0.354 e. The molecule has 4 N–H and O–H groups in total. The normalized spacial score (nSPS) is 12.1. The van der Waals surface area contributed by atoms with Crippen molar-refractivity contribution in [3.8, 4) is 0 Å². The Balaban J connectivity index is 1.98. The summed E-state index contributed by atoms with van der Waals surface area (Å²) in [5, 5.41) is 24.6. The summed E-state index contributed by atoms with van der Waals surface area (Å²) in [5.74, 6) is -1.91. The molecule has 2 aromatic rings. The van der Waals surface area contributed by atoms with E-state index >= 15 is 0 Å². The van der Waals surface area contributed by atoms with Crippen LogP contribution in [0.1, 0.15) is 32.6 Å². The molecule has 19 heavy (non-hydrogen) atoms. The first-order chi connectivity index (χ1) is 9.09. The number of hydrogen-bond donors (Lipinski definition) is 4. The third kappa shape index (κ3) is 2.98. The molecular formula is C11H11N3O4S. The molecule has 1 atom stereocenters. The lowest BCUT2D eigenvalue weighted by Gasteiger charge is -2.09. The molecule has 0 saturated carbocycles. The van der Waals surface area contributed by atoms with Crippen LogP contribution < -0.4 is 5.32 Å². The number of imidazole rings is 1. The number of hydrogen-bond acceptors (Lipinski definition) is 5. The number of aliphatic hydroxyl groups is 1. The fourth-order valence-electron chi connectivity index (χ4n) is 1.49. The first kappa shape index (κ1) is 13.2. The number of amides is 1. The highest BCUT2D eigenvalue weighted by Crippen LogP contribution is 2.15. The van der Waals surface area contributed by atoms with Gasteiger partial charge in [0.15, 0.2) is 11.4 Å². The Morgan fingerprint density at radius 2 is 2.32 bits per heavy atom. The quantitative estimate of drug-likeness (QED) is 0.641. The number of nitrogens with zero attached hydrogens (tertiary/aromatic N) is 1. The SMILES string of the molecule is O=C(NCC(O)c1ccsc1)c1nc[nH]c1C(=O)O. The van der Waals surface area contributed by atoms with E-state index in [1.54, 1.807) is 11.4 Å². The van der Waals surface area contributed by atoms with Crippen LogP contribution in [0.25, 0.3) is 0 Å². The Labute approximate surface area is 111 Å². The molecule has 0 aliphatic heterocycles. The van der Waals surface area contributed by atoms with Crippen LogP contribution in [-0.4, -0.2) is 38.6 Å². The maximum atomic E-state index is 11.7. The summed E-state index contributed by atoms with van der Waals surface area (Å²) < 4.78 is 0. The van der Waals surface area contributed by atoms with Crippen molar-refractivity contribution in [3.05, 3.63) is 40.1 Å². The number of aromatic carboxylic acids is 1. The summed E-state index contributed by atoms with van der Waals surface area (Å²) >= 11 is 1.44. The van der Waals surface area contributed by atoms with Crippen LogP contribution in [-0.2, 0) is 0 Å². The van der Waals surface area contributed by atoms with E-state index in [2.05, 4.69) is 15.3 Å². The van der Waals surface area contributed by atoms with E-state index in [4.69, 9.17) is 5.11 Å². The molecule has 8 heteroatoms. The second-order valence-electron chi connectivity index (χ2n) is 3.71. The number of nitrogens with one attached hydrogen (secondary N) is 2. The molecular weight excluding hydrogens is 270 g/mol. The van der Waals surface area contributed by atoms with E-state index < -0.39 is 18.0 Å². The Hall–Kier alpha value is -2.19. The van der Waals surface area contributed by atoms with Gasteiger partial charge in [-0.2, -0.15) is 11.3 Å². The molecule has 0 aliphatic carbocycles. The molecule has 1 unspecified atom stereocenters. The predicted molar refractivity (Wildman–Crippen MR) is 67.2 cm³/mol. The molecule has 7 nitrogen and oxygen atoms in total. The summed E-state index contributed by atoms with van der Waals surface area (Å²) in [6.07, 6.45) is 0.302. The summed E-state index contributed by atoms with van der Waals surface area (Å²) in [5.41, 5.74) is 0.221. The van der Waals surface area contributed by atoms with Crippen LogP contribution in [0.15, 0.2) is 23.2 Å². The van der Waals surface area contributed by atoms with E-state index in [-0.39, 0.29) is 17.9 Å². The van der Waals surface area contributed by atoms with Gasteiger partial charge in [0.1, 0.15) is 0 Å². The first-order valence-electron chi connectivity index (χ1n) is 5.34. The topological polar surface area (TPSA) is 115 Å². The average molecular weight is 281 g/mol. The lowest BCUT2D eigenvalue weighted by molar-refractivity contribution is 0.0684. The smallest absolute Gasteiger partial charge is 0.354 e. The predicted octanol–water partition coefficient (Wildman–Crippen LogP) is 0.633. The number of carboxylic acids is 1. The molecule has 0 aromatic carbocycles. The Kier molecular flexibility index (Phi) is 3.93. The number of carboxylic acid groups (broad SMARTS) is 1. The minimum Gasteiger partial charge on any atom is -0.477 e. The van der Waals surface area contributed by atoms with Gasteiger partial charge in [-0.05, 0) is 22.4 Å². The van der Waals surface area contributed by atoms with Crippen LogP contribution >= 0.6 is 11.3 Å². The van der Waals surface area contributed by atoms with Gasteiger partial charge in [-0.15, -0.1) is 0 Å². The van der Waals surface area contributed by atoms with Crippen LogP contribution in [0.2, 0.25) is 0 Å². The van der Waals surface area contributed by atoms with Gasteiger partial charge < -0.3 is 20.5 Å². The van der Waals surface area contributed by atoms with Crippen molar-refractivity contribution in [1.29, 1.82) is 0 Å². The van der Waals surface area contributed by atoms with Crippen molar-refractivity contribution < 1.29 is 19.8 Å². The number of carbonyl (C=O) groups is 2. The molecule has 0 spiro atoms. The van der Waals surface area contributed by atoms with Gasteiger partial charge in [0.25, 0.3) is 5.91 Å². The van der Waals surface area contributed by atoms with Gasteiger partial charge in [-0.3, -0.25) is 4.79 Å². The van der Waals surface area contributed by atoms with E-state index in [1.165, 1.54) is 11.3 Å². The third-order valence-corrected chi connectivity index (χ3v) is 3.15. The minimum atomic E-state index is -1.26. The zero-order chi connectivity index (χ0) is 13.8. The van der Waals surface area contributed by atoms with Crippen LogP contribution in [0, 0.1) is 0 Å². The van der Waals surface area contributed by atoms with Crippen LogP contribution in [0.3, 0.4) is 0 Å². The summed E-state index contributed by atoms with van der Waals surface area (Å²) in [6.45, 7) is -0.0124. The summed E-state index contributed by atoms with van der Waals surface area (Å²) in [6, 6.07) is 1.75. The zero-order valence-corrected chi connectivity index (χ0v) is 10.5. The lowest BCUT2D eigenvalue weighted by atomic mass is 10.2. The highest BCUT2D eigenvalue weighted by Gasteiger charge is 2.20. The molecule has 0 bridgehead atoms. The monoisotopic (exact) mass is 281 g/mol. The first-order valence-corrected chi connectivity index (χ1v) is 6.29. The third-order valence-electron chi connectivity index (χ3n) is 2.45. The molecule has 2 aromatic heterocycles. The molecule has 1 amide bonds. The van der Waals surface area contributed by atoms with Crippen molar-refractivity contribution in [2.45, 2.75) is 6.10 Å². The number of H-pyrrole nitrogens is 1. The summed E-state index contributed by atoms with van der Waals surface area (Å²) in [4.78, 5) is 28.6. The molecule has 0 fully saturated rings. The van der Waals surface area contributed by atoms with Crippen molar-refractivity contribution in [3.63, 3.8) is 0 Å². The second kappa shape index (κ2) is 5.63. The molecule has 2 heterocycles. The highest BCUT2D eigenvalue weighted by molar-refractivity contribution is 7.07. The number of thiophene rings is 1. The standard InChI is InChI=1S/C11H11N3O4S/c15-7(6-1-2-19-4-6)3-12-10(16)8-9(11(17)18)14-5-13-8/h1-2,4-5,7,15H,3H2,(H,12,16)(H,13,14)(H,17,18). The largest absolute Gasteiger partial charge is 0.477 e. The fraction of sp³-hybridized carbons (Fsp3) is 0.182. The van der Waals surface area contributed by atoms with Crippen molar-refractivity contribution in [1.82, 2.24) is 15.3 Å². The number of aliphatic hydroxyl groups excluding tert-OH is 1. The fourth-order valence-corrected chi connectivity index (χ4v) is 2.19. The average Bonchev–Trinajstić information content (AvgIpc) is 3.04. The van der Waals surface area contributed by atoms with E-state index in [1.807, 2.05) is 5.38 Å². The van der Waals surface area contributed by atoms with Gasteiger partial charge in [-0.1, -0.05) is 0 Å². The van der Waals surface area contributed by atoms with Gasteiger partial charge in [0, 0.05) is 6.54 Å². The summed E-state index contributed by atoms with van der Waals surface area (Å²) in [7, 11) is 0. The number of aromatic nitrogens is 2. The van der Waals surface area contributed by atoms with E-state index in [0.29, 0.717) is 5.56 Å². The molecule has 0 radical (unpaired) electrons. The number of aromatic amines is 1. The van der Waals surface area contributed by atoms with Crippen molar-refractivity contribution in [2.24, 2.45) is 0 Å². The van der Waals surface area contributed by atoms with Crippen LogP contribution in [0.5, 0.6) is 0 Å². The van der Waals surface area contributed by atoms with Gasteiger partial charge >= 0.3 is 5.97 Å². The molecule has 2 rings (SSSR count). The Morgan fingerprint density at radius 1 is 1.53 bits per heavy atom. The Morgan fingerprint density at radius 3 is 2.95 bits per heavy atom. The van der Waals surface area contributed by atoms with Gasteiger partial charge in [-0.25, -0.2) is 9.78 Å². The van der Waals surface area contributed by atoms with Crippen LogP contribution in [0.4, 0.5) is 0 Å². The second-order valence-corrected chi connectivity index (χ2v) is 4.49. The van der Waals surface area contributed by atoms with E-state index in [9.17, 15) is 14.7 Å². The maximum absolute atomic E-state index is 11.7. The molecule has 0 saturated heterocycles.